The van der Waals surface area contributed by atoms with Crippen molar-refractivity contribution < 1.29 is 4.79 Å². The van der Waals surface area contributed by atoms with Crippen LogP contribution in [0.15, 0.2) is 5.38 Å². The predicted molar refractivity (Wildman–Crippen MR) is 75.0 cm³/mol. The third-order valence-corrected chi connectivity index (χ3v) is 4.14. The van der Waals surface area contributed by atoms with E-state index in [2.05, 4.69) is 15.3 Å². The first-order valence-electron chi connectivity index (χ1n) is 5.43. The van der Waals surface area contributed by atoms with Gasteiger partial charge < -0.3 is 11.1 Å². The molecule has 0 bridgehead atoms. The number of aryl methyl sites for hydroxylation is 2. The molecule has 1 amide bonds. The highest BCUT2D eigenvalue weighted by atomic mass is 32.1. The molecule has 5 nitrogen and oxygen atoms in total. The predicted octanol–water partition coefficient (Wildman–Crippen LogP) is 2.17. The maximum absolute atomic E-state index is 11.4. The van der Waals surface area contributed by atoms with Gasteiger partial charge in [-0.25, -0.2) is 9.97 Å². The van der Waals surface area contributed by atoms with Crippen LogP contribution in [0.1, 0.15) is 17.6 Å². The molecule has 0 fully saturated rings. The largest absolute Gasteiger partial charge is 0.320 e. The Hall–Kier alpha value is -1.31. The number of nitrogens with two attached hydrogens (primary N) is 1. The van der Waals surface area contributed by atoms with Gasteiger partial charge in [-0.05, 0) is 20.8 Å². The molecule has 2 aromatic rings. The highest BCUT2D eigenvalue weighted by Crippen LogP contribution is 2.31. The molecule has 18 heavy (non-hydrogen) atoms. The monoisotopic (exact) mass is 282 g/mol. The fourth-order valence-corrected chi connectivity index (χ4v) is 3.08. The van der Waals surface area contributed by atoms with Gasteiger partial charge in [-0.1, -0.05) is 0 Å². The van der Waals surface area contributed by atoms with Crippen LogP contribution >= 0.6 is 22.7 Å². The molecule has 7 heteroatoms. The number of nitrogens with zero attached hydrogens (tertiary/aromatic N) is 2. The lowest BCUT2D eigenvalue weighted by Gasteiger charge is -2.03. The van der Waals surface area contributed by atoms with Crippen molar-refractivity contribution in [1.82, 2.24) is 9.97 Å². The highest BCUT2D eigenvalue weighted by molar-refractivity contribution is 7.16. The number of aromatic nitrogens is 2. The molecule has 0 aliphatic heterocycles. The summed E-state index contributed by atoms with van der Waals surface area (Å²) < 4.78 is 0. The summed E-state index contributed by atoms with van der Waals surface area (Å²) in [6, 6.07) is -0.537. The van der Waals surface area contributed by atoms with Gasteiger partial charge in [-0.15, -0.1) is 22.7 Å². The van der Waals surface area contributed by atoms with Crippen molar-refractivity contribution in [3.05, 3.63) is 16.1 Å². The van der Waals surface area contributed by atoms with E-state index in [-0.39, 0.29) is 5.91 Å². The standard InChI is InChI=1S/C11H14N4OS2/c1-5(12)10(16)15-11-14-8(4-17-11)9-6(2)13-7(3)18-9/h4-5H,12H2,1-3H3,(H,14,15,16)/t5-/m1/s1. The van der Waals surface area contributed by atoms with Crippen molar-refractivity contribution in [3.8, 4) is 10.6 Å². The summed E-state index contributed by atoms with van der Waals surface area (Å²) in [5, 5.41) is 6.18. The zero-order valence-electron chi connectivity index (χ0n) is 10.4. The van der Waals surface area contributed by atoms with Gasteiger partial charge in [0.15, 0.2) is 5.13 Å². The van der Waals surface area contributed by atoms with Gasteiger partial charge in [0.2, 0.25) is 5.91 Å². The summed E-state index contributed by atoms with van der Waals surface area (Å²) in [5.74, 6) is -0.229. The lowest BCUT2D eigenvalue weighted by molar-refractivity contribution is -0.117. The molecular weight excluding hydrogens is 268 g/mol. The van der Waals surface area contributed by atoms with E-state index in [9.17, 15) is 4.79 Å². The minimum Gasteiger partial charge on any atom is -0.320 e. The van der Waals surface area contributed by atoms with Crippen molar-refractivity contribution in [3.63, 3.8) is 0 Å². The molecule has 2 aromatic heterocycles. The van der Waals surface area contributed by atoms with Crippen LogP contribution < -0.4 is 11.1 Å². The van der Waals surface area contributed by atoms with E-state index in [1.165, 1.54) is 11.3 Å². The third kappa shape index (κ3) is 2.74. The Morgan fingerprint density at radius 3 is 2.72 bits per heavy atom. The Bertz CT molecular complexity index is 573. The van der Waals surface area contributed by atoms with Crippen molar-refractivity contribution in [2.24, 2.45) is 5.73 Å². The normalized spacial score (nSPS) is 12.4. The van der Waals surface area contributed by atoms with Crippen LogP contribution in [-0.4, -0.2) is 21.9 Å². The van der Waals surface area contributed by atoms with Crippen molar-refractivity contribution in [2.75, 3.05) is 5.32 Å². The molecule has 0 radical (unpaired) electrons. The van der Waals surface area contributed by atoms with Crippen LogP contribution in [-0.2, 0) is 4.79 Å². The number of rotatable bonds is 3. The van der Waals surface area contributed by atoms with Crippen LogP contribution in [0.25, 0.3) is 10.6 Å². The number of anilines is 1. The van der Waals surface area contributed by atoms with Gasteiger partial charge in [-0.2, -0.15) is 0 Å². The first-order valence-corrected chi connectivity index (χ1v) is 7.13. The van der Waals surface area contributed by atoms with Gasteiger partial charge in [0.25, 0.3) is 0 Å². The van der Waals surface area contributed by atoms with Gasteiger partial charge >= 0.3 is 0 Å². The second-order valence-electron chi connectivity index (χ2n) is 3.96. The van der Waals surface area contributed by atoms with E-state index in [0.717, 1.165) is 21.3 Å². The van der Waals surface area contributed by atoms with Gasteiger partial charge in [-0.3, -0.25) is 4.79 Å². The Labute approximate surface area is 113 Å². The summed E-state index contributed by atoms with van der Waals surface area (Å²) in [5.41, 5.74) is 7.30. The maximum atomic E-state index is 11.4. The van der Waals surface area contributed by atoms with Crippen LogP contribution in [0.3, 0.4) is 0 Å². The fraction of sp³-hybridized carbons (Fsp3) is 0.364. The fourth-order valence-electron chi connectivity index (χ4n) is 1.42. The Morgan fingerprint density at radius 1 is 1.44 bits per heavy atom. The van der Waals surface area contributed by atoms with E-state index < -0.39 is 6.04 Å². The minimum atomic E-state index is -0.537. The number of hydrogen-bond donors (Lipinski definition) is 2. The first-order chi connectivity index (χ1) is 8.47. The molecule has 0 aliphatic carbocycles. The summed E-state index contributed by atoms with van der Waals surface area (Å²) in [4.78, 5) is 21.2. The molecule has 0 saturated heterocycles. The molecule has 2 heterocycles. The van der Waals surface area contributed by atoms with Gasteiger partial charge in [0.05, 0.1) is 27.3 Å². The molecule has 0 aromatic carbocycles. The van der Waals surface area contributed by atoms with E-state index in [4.69, 9.17) is 5.73 Å². The van der Waals surface area contributed by atoms with E-state index in [1.54, 1.807) is 18.3 Å². The van der Waals surface area contributed by atoms with Gasteiger partial charge in [0, 0.05) is 5.38 Å². The molecule has 2 rings (SSSR count). The molecule has 0 unspecified atom stereocenters. The summed E-state index contributed by atoms with van der Waals surface area (Å²) in [6.45, 7) is 5.56. The summed E-state index contributed by atoms with van der Waals surface area (Å²) >= 11 is 2.99. The highest BCUT2D eigenvalue weighted by Gasteiger charge is 2.14. The lowest BCUT2D eigenvalue weighted by atomic mass is 10.3. The molecule has 0 saturated carbocycles. The van der Waals surface area contributed by atoms with Crippen LogP contribution in [0.4, 0.5) is 5.13 Å². The number of carbonyl (C=O) groups is 1. The topological polar surface area (TPSA) is 80.9 Å². The van der Waals surface area contributed by atoms with Crippen molar-refractivity contribution >= 4 is 33.7 Å². The van der Waals surface area contributed by atoms with E-state index in [1.807, 2.05) is 19.2 Å². The number of nitrogens with one attached hydrogen (secondary N) is 1. The third-order valence-electron chi connectivity index (χ3n) is 2.28. The smallest absolute Gasteiger partial charge is 0.242 e. The van der Waals surface area contributed by atoms with Gasteiger partial charge in [0.1, 0.15) is 0 Å². The van der Waals surface area contributed by atoms with Crippen LogP contribution in [0.2, 0.25) is 0 Å². The zero-order valence-corrected chi connectivity index (χ0v) is 12.0. The Kier molecular flexibility index (Phi) is 3.74. The molecule has 0 aliphatic rings. The quantitative estimate of drug-likeness (QED) is 0.904. The molecule has 3 N–H and O–H groups in total. The molecular formula is C11H14N4OS2. The number of carbonyl (C=O) groups excluding carboxylic acids is 1. The Balaban J connectivity index is 2.20. The molecule has 96 valence electrons. The van der Waals surface area contributed by atoms with Crippen LogP contribution in [0.5, 0.6) is 0 Å². The molecule has 0 spiro atoms. The summed E-state index contributed by atoms with van der Waals surface area (Å²) in [7, 11) is 0. The second kappa shape index (κ2) is 5.13. The minimum absolute atomic E-state index is 0.229. The van der Waals surface area contributed by atoms with E-state index >= 15 is 0 Å². The second-order valence-corrected chi connectivity index (χ2v) is 6.02. The first kappa shape index (κ1) is 13.1. The molecule has 1 atom stereocenters. The number of amides is 1. The number of thiazole rings is 2. The SMILES string of the molecule is Cc1nc(C)c(-c2csc(NC(=O)[C@@H](C)N)n2)s1. The number of hydrogen-bond acceptors (Lipinski definition) is 6. The van der Waals surface area contributed by atoms with E-state index in [0.29, 0.717) is 5.13 Å². The summed E-state index contributed by atoms with van der Waals surface area (Å²) in [6.07, 6.45) is 0. The lowest BCUT2D eigenvalue weighted by Crippen LogP contribution is -2.32. The average molecular weight is 282 g/mol. The van der Waals surface area contributed by atoms with Crippen LogP contribution in [0, 0.1) is 13.8 Å². The van der Waals surface area contributed by atoms with Crippen molar-refractivity contribution in [1.29, 1.82) is 0 Å². The maximum Gasteiger partial charge on any atom is 0.242 e. The average Bonchev–Trinajstić information content (AvgIpc) is 2.85. The zero-order chi connectivity index (χ0) is 13.3. The Morgan fingerprint density at radius 2 is 2.17 bits per heavy atom. The van der Waals surface area contributed by atoms with Crippen molar-refractivity contribution in [2.45, 2.75) is 26.8 Å².